The fourth-order valence-corrected chi connectivity index (χ4v) is 1.65. The van der Waals surface area contributed by atoms with Crippen LogP contribution in [0.2, 0.25) is 0 Å². The Morgan fingerprint density at radius 3 is 2.63 bits per heavy atom. The van der Waals surface area contributed by atoms with Gasteiger partial charge in [-0.15, -0.1) is 0 Å². The van der Waals surface area contributed by atoms with Crippen LogP contribution in [0.4, 0.5) is 11.8 Å². The molecule has 1 aromatic heterocycles. The number of aromatic nitrogens is 2. The second-order valence-electron chi connectivity index (χ2n) is 3.69. The monoisotopic (exact) mass is 257 g/mol. The second kappa shape index (κ2) is 4.70. The van der Waals surface area contributed by atoms with Crippen LogP contribution in [0.15, 0.2) is 18.2 Å². The maximum absolute atomic E-state index is 9.74. The van der Waals surface area contributed by atoms with Crippen molar-refractivity contribution in [1.82, 2.24) is 9.97 Å². The molecule has 7 nitrogen and oxygen atoms in total. The second-order valence-corrected chi connectivity index (χ2v) is 3.69. The van der Waals surface area contributed by atoms with Crippen molar-refractivity contribution >= 4 is 11.8 Å². The number of benzene rings is 1. The number of hydrogen-bond acceptors (Lipinski definition) is 7. The minimum absolute atomic E-state index is 0.000285. The van der Waals surface area contributed by atoms with Crippen LogP contribution in [0, 0.1) is 11.3 Å². The standard InChI is InChI=1S/C12H11N5O2/c1-19-9-3-2-6(4-8(9)18)10-7(5-13)11(14)17-12(15)16-10/h2-4,18H,1H3,(H4,14,15,16,17). The van der Waals surface area contributed by atoms with Crippen LogP contribution in [0.3, 0.4) is 0 Å². The van der Waals surface area contributed by atoms with Crippen LogP contribution >= 0.6 is 0 Å². The first-order valence-electron chi connectivity index (χ1n) is 5.27. The molecule has 7 heteroatoms. The van der Waals surface area contributed by atoms with E-state index in [2.05, 4.69) is 9.97 Å². The van der Waals surface area contributed by atoms with E-state index in [0.717, 1.165) is 0 Å². The first kappa shape index (κ1) is 12.4. The van der Waals surface area contributed by atoms with Crippen LogP contribution < -0.4 is 16.2 Å². The summed E-state index contributed by atoms with van der Waals surface area (Å²) in [5, 5.41) is 18.8. The van der Waals surface area contributed by atoms with Gasteiger partial charge in [0, 0.05) is 5.56 Å². The van der Waals surface area contributed by atoms with E-state index in [0.29, 0.717) is 11.3 Å². The lowest BCUT2D eigenvalue weighted by atomic mass is 10.1. The Balaban J connectivity index is 2.65. The van der Waals surface area contributed by atoms with Crippen molar-refractivity contribution in [3.63, 3.8) is 0 Å². The third kappa shape index (κ3) is 2.19. The summed E-state index contributed by atoms with van der Waals surface area (Å²) in [5.41, 5.74) is 12.0. The molecule has 0 saturated heterocycles. The van der Waals surface area contributed by atoms with Crippen molar-refractivity contribution in [2.24, 2.45) is 0 Å². The lowest BCUT2D eigenvalue weighted by Gasteiger charge is -2.08. The highest BCUT2D eigenvalue weighted by molar-refractivity contribution is 5.74. The predicted molar refractivity (Wildman–Crippen MR) is 69.2 cm³/mol. The van der Waals surface area contributed by atoms with Gasteiger partial charge in [-0.1, -0.05) is 0 Å². The minimum atomic E-state index is -0.0698. The number of phenols is 1. The molecule has 0 amide bonds. The van der Waals surface area contributed by atoms with Crippen molar-refractivity contribution in [3.8, 4) is 28.8 Å². The van der Waals surface area contributed by atoms with E-state index in [1.165, 1.54) is 13.2 Å². The summed E-state index contributed by atoms with van der Waals surface area (Å²) >= 11 is 0. The molecule has 0 aliphatic heterocycles. The van der Waals surface area contributed by atoms with E-state index in [4.69, 9.17) is 21.5 Å². The van der Waals surface area contributed by atoms with E-state index in [-0.39, 0.29) is 28.8 Å². The molecule has 0 unspecified atom stereocenters. The average Bonchev–Trinajstić information content (AvgIpc) is 2.37. The zero-order chi connectivity index (χ0) is 14.0. The molecule has 0 aliphatic rings. The number of methoxy groups -OCH3 is 1. The van der Waals surface area contributed by atoms with E-state index in [1.54, 1.807) is 12.1 Å². The van der Waals surface area contributed by atoms with Gasteiger partial charge >= 0.3 is 0 Å². The Morgan fingerprint density at radius 2 is 2.05 bits per heavy atom. The molecule has 2 rings (SSSR count). The molecule has 1 aromatic carbocycles. The van der Waals surface area contributed by atoms with Gasteiger partial charge in [0.1, 0.15) is 17.5 Å². The number of aromatic hydroxyl groups is 1. The van der Waals surface area contributed by atoms with Crippen LogP contribution in [-0.2, 0) is 0 Å². The summed E-state index contributed by atoms with van der Waals surface area (Å²) in [6, 6.07) is 6.53. The number of nitrogens with zero attached hydrogens (tertiary/aromatic N) is 3. The SMILES string of the molecule is COc1ccc(-c2nc(N)nc(N)c2C#N)cc1O. The first-order valence-corrected chi connectivity index (χ1v) is 5.27. The van der Waals surface area contributed by atoms with Gasteiger partial charge in [0.15, 0.2) is 11.5 Å². The number of nitrogens with two attached hydrogens (primary N) is 2. The third-order valence-corrected chi connectivity index (χ3v) is 2.52. The van der Waals surface area contributed by atoms with E-state index >= 15 is 0 Å². The molecule has 0 bridgehead atoms. The summed E-state index contributed by atoms with van der Waals surface area (Å²) in [6.45, 7) is 0. The number of nitriles is 1. The van der Waals surface area contributed by atoms with Gasteiger partial charge in [0.05, 0.1) is 12.8 Å². The van der Waals surface area contributed by atoms with Crippen molar-refractivity contribution in [2.75, 3.05) is 18.6 Å². The lowest BCUT2D eigenvalue weighted by Crippen LogP contribution is -2.04. The van der Waals surface area contributed by atoms with Gasteiger partial charge in [0.2, 0.25) is 5.95 Å². The van der Waals surface area contributed by atoms with E-state index < -0.39 is 0 Å². The van der Waals surface area contributed by atoms with Crippen molar-refractivity contribution in [1.29, 1.82) is 5.26 Å². The number of hydrogen-bond donors (Lipinski definition) is 3. The normalized spacial score (nSPS) is 9.89. The van der Waals surface area contributed by atoms with Crippen molar-refractivity contribution < 1.29 is 9.84 Å². The summed E-state index contributed by atoms with van der Waals surface area (Å²) in [6.07, 6.45) is 0. The maximum Gasteiger partial charge on any atom is 0.222 e. The number of nitrogen functional groups attached to an aromatic ring is 2. The molecule has 1 heterocycles. The lowest BCUT2D eigenvalue weighted by molar-refractivity contribution is 0.373. The van der Waals surface area contributed by atoms with Gasteiger partial charge in [0.25, 0.3) is 0 Å². The minimum Gasteiger partial charge on any atom is -0.504 e. The number of rotatable bonds is 2. The van der Waals surface area contributed by atoms with Crippen molar-refractivity contribution in [3.05, 3.63) is 23.8 Å². The number of ether oxygens (including phenoxy) is 1. The molecular formula is C12H11N5O2. The Labute approximate surface area is 109 Å². The Hall–Kier alpha value is -3.01. The summed E-state index contributed by atoms with van der Waals surface area (Å²) in [7, 11) is 1.44. The highest BCUT2D eigenvalue weighted by atomic mass is 16.5. The van der Waals surface area contributed by atoms with Crippen LogP contribution in [0.1, 0.15) is 5.56 Å². The van der Waals surface area contributed by atoms with Crippen LogP contribution in [-0.4, -0.2) is 22.2 Å². The molecule has 0 radical (unpaired) electrons. The van der Waals surface area contributed by atoms with Gasteiger partial charge in [-0.3, -0.25) is 0 Å². The Morgan fingerprint density at radius 1 is 1.32 bits per heavy atom. The van der Waals surface area contributed by atoms with Crippen LogP contribution in [0.5, 0.6) is 11.5 Å². The van der Waals surface area contributed by atoms with Gasteiger partial charge in [-0.25, -0.2) is 4.98 Å². The molecule has 0 saturated carbocycles. The molecule has 0 aliphatic carbocycles. The fourth-order valence-electron chi connectivity index (χ4n) is 1.65. The molecule has 0 fully saturated rings. The molecule has 0 spiro atoms. The Kier molecular flexibility index (Phi) is 3.08. The maximum atomic E-state index is 9.74. The highest BCUT2D eigenvalue weighted by Gasteiger charge is 2.14. The molecule has 2 aromatic rings. The summed E-state index contributed by atoms with van der Waals surface area (Å²) in [5.74, 6) is 0.207. The summed E-state index contributed by atoms with van der Waals surface area (Å²) < 4.78 is 4.94. The molecule has 5 N–H and O–H groups in total. The van der Waals surface area contributed by atoms with Crippen molar-refractivity contribution in [2.45, 2.75) is 0 Å². The first-order chi connectivity index (χ1) is 9.06. The molecule has 19 heavy (non-hydrogen) atoms. The topological polar surface area (TPSA) is 131 Å². The van der Waals surface area contributed by atoms with E-state index in [9.17, 15) is 5.11 Å². The smallest absolute Gasteiger partial charge is 0.222 e. The number of anilines is 2. The Bertz CT molecular complexity index is 679. The molecule has 0 atom stereocenters. The molecule has 96 valence electrons. The van der Waals surface area contributed by atoms with Gasteiger partial charge in [-0.2, -0.15) is 10.2 Å². The molecular weight excluding hydrogens is 246 g/mol. The summed E-state index contributed by atoms with van der Waals surface area (Å²) in [4.78, 5) is 7.71. The predicted octanol–water partition coefficient (Wildman–Crippen LogP) is 0.894. The third-order valence-electron chi connectivity index (χ3n) is 2.52. The quantitative estimate of drug-likeness (QED) is 0.728. The number of phenolic OH excluding ortho intramolecular Hbond substituents is 1. The van der Waals surface area contributed by atoms with Gasteiger partial charge in [-0.05, 0) is 18.2 Å². The van der Waals surface area contributed by atoms with Crippen LogP contribution in [0.25, 0.3) is 11.3 Å². The average molecular weight is 257 g/mol. The zero-order valence-electron chi connectivity index (χ0n) is 10.1. The largest absolute Gasteiger partial charge is 0.504 e. The highest BCUT2D eigenvalue weighted by Crippen LogP contribution is 2.33. The van der Waals surface area contributed by atoms with E-state index in [1.807, 2.05) is 6.07 Å². The van der Waals surface area contributed by atoms with Gasteiger partial charge < -0.3 is 21.3 Å². The zero-order valence-corrected chi connectivity index (χ0v) is 10.1. The fraction of sp³-hybridized carbons (Fsp3) is 0.0833.